The van der Waals surface area contributed by atoms with Crippen molar-refractivity contribution in [2.45, 2.75) is 27.7 Å². The Morgan fingerprint density at radius 1 is 1.15 bits per heavy atom. The summed E-state index contributed by atoms with van der Waals surface area (Å²) in [6.45, 7) is 7.55. The highest BCUT2D eigenvalue weighted by atomic mass is 16.1. The number of nitrogens with one attached hydrogen (secondary N) is 1. The maximum Gasteiger partial charge on any atom is 0.176 e. The lowest BCUT2D eigenvalue weighted by Gasteiger charge is -1.91. The number of carbonyl (C=O) groups is 1. The molecule has 0 saturated carbocycles. The highest BCUT2D eigenvalue weighted by Gasteiger charge is 2.09. The van der Waals surface area contributed by atoms with Crippen LogP contribution in [0.4, 0.5) is 0 Å². The first-order chi connectivity index (χ1) is 6.04. The van der Waals surface area contributed by atoms with Gasteiger partial charge in [0, 0.05) is 12.6 Å². The third-order valence-corrected chi connectivity index (χ3v) is 2.16. The molecule has 0 aliphatic heterocycles. The van der Waals surface area contributed by atoms with Crippen molar-refractivity contribution >= 4 is 5.78 Å². The van der Waals surface area contributed by atoms with Gasteiger partial charge in [-0.2, -0.15) is 0 Å². The Labute approximate surface area is 79.3 Å². The molecule has 74 valence electrons. The molecule has 0 aromatic carbocycles. The first-order valence-electron chi connectivity index (χ1n) is 4.28. The van der Waals surface area contributed by atoms with Crippen LogP contribution in [0.15, 0.2) is 0 Å². The minimum atomic E-state index is 0.110. The third kappa shape index (κ3) is 2.42. The third-order valence-electron chi connectivity index (χ3n) is 2.16. The molecule has 0 amide bonds. The number of nitrogens with two attached hydrogens (primary N) is 1. The van der Waals surface area contributed by atoms with E-state index in [1.807, 2.05) is 20.8 Å². The first kappa shape index (κ1) is 11.9. The molecule has 0 radical (unpaired) electrons. The van der Waals surface area contributed by atoms with Gasteiger partial charge in [-0.15, -0.1) is 0 Å². The molecule has 0 atom stereocenters. The van der Waals surface area contributed by atoms with E-state index in [0.717, 1.165) is 17.0 Å². The molecular weight excluding hydrogens is 164 g/mol. The average molecular weight is 182 g/mol. The number of hydrogen-bond acceptors (Lipinski definition) is 2. The summed E-state index contributed by atoms with van der Waals surface area (Å²) in [6.07, 6.45) is 0. The summed E-state index contributed by atoms with van der Waals surface area (Å²) in [5.74, 6) is 0.110. The van der Waals surface area contributed by atoms with E-state index in [0.29, 0.717) is 0 Å². The highest BCUT2D eigenvalue weighted by Crippen LogP contribution is 2.16. The Morgan fingerprint density at radius 2 is 1.62 bits per heavy atom. The van der Waals surface area contributed by atoms with Crippen LogP contribution in [0.25, 0.3) is 0 Å². The molecule has 13 heavy (non-hydrogen) atoms. The molecule has 1 heterocycles. The van der Waals surface area contributed by atoms with E-state index in [1.165, 1.54) is 12.6 Å². The van der Waals surface area contributed by atoms with Gasteiger partial charge in [-0.25, -0.2) is 0 Å². The number of aryl methyl sites for hydroxylation is 1. The zero-order valence-corrected chi connectivity index (χ0v) is 8.99. The second-order valence-corrected chi connectivity index (χ2v) is 2.93. The molecule has 1 rings (SSSR count). The predicted octanol–water partition coefficient (Wildman–Crippen LogP) is 1.72. The number of Topliss-reactive ketones (excluding diaryl/α,β-unsaturated/α-hetero) is 1. The van der Waals surface area contributed by atoms with Crippen molar-refractivity contribution in [1.29, 1.82) is 0 Å². The molecule has 3 N–H and O–H groups in total. The molecule has 1 aromatic heterocycles. The SMILES string of the molecule is CC(=O)c1[nH]c(C)c(C)c1C.CN. The molecule has 0 fully saturated rings. The molecule has 0 unspecified atom stereocenters. The van der Waals surface area contributed by atoms with Crippen LogP contribution in [-0.4, -0.2) is 17.8 Å². The van der Waals surface area contributed by atoms with E-state index in [1.54, 1.807) is 6.92 Å². The summed E-state index contributed by atoms with van der Waals surface area (Å²) in [5, 5.41) is 0. The second kappa shape index (κ2) is 4.82. The van der Waals surface area contributed by atoms with Crippen molar-refractivity contribution < 1.29 is 4.79 Å². The Balaban J connectivity index is 0.000000671. The number of ketones is 1. The Morgan fingerprint density at radius 3 is 1.77 bits per heavy atom. The summed E-state index contributed by atoms with van der Waals surface area (Å²) in [6, 6.07) is 0. The van der Waals surface area contributed by atoms with Crippen LogP contribution in [0.2, 0.25) is 0 Å². The molecule has 0 bridgehead atoms. The summed E-state index contributed by atoms with van der Waals surface area (Å²) in [7, 11) is 1.50. The van der Waals surface area contributed by atoms with E-state index in [2.05, 4.69) is 10.7 Å². The summed E-state index contributed by atoms with van der Waals surface area (Å²) in [4.78, 5) is 14.1. The van der Waals surface area contributed by atoms with Crippen LogP contribution in [0.1, 0.15) is 34.2 Å². The summed E-state index contributed by atoms with van der Waals surface area (Å²) >= 11 is 0. The van der Waals surface area contributed by atoms with Gasteiger partial charge in [0.05, 0.1) is 5.69 Å². The largest absolute Gasteiger partial charge is 0.356 e. The molecule has 1 aromatic rings. The number of aromatic amines is 1. The lowest BCUT2D eigenvalue weighted by Crippen LogP contribution is -1.94. The van der Waals surface area contributed by atoms with Crippen LogP contribution in [0.5, 0.6) is 0 Å². The molecule has 3 nitrogen and oxygen atoms in total. The standard InChI is InChI=1S/C9H13NO.CH5N/c1-5-6(2)9(8(4)11)10-7(5)3;1-2/h10H,1-4H3;2H2,1H3. The molecule has 3 heteroatoms. The number of hydrogen-bond donors (Lipinski definition) is 2. The summed E-state index contributed by atoms with van der Waals surface area (Å²) < 4.78 is 0. The van der Waals surface area contributed by atoms with E-state index >= 15 is 0 Å². The van der Waals surface area contributed by atoms with Crippen LogP contribution in [0.3, 0.4) is 0 Å². The lowest BCUT2D eigenvalue weighted by atomic mass is 10.1. The van der Waals surface area contributed by atoms with E-state index in [9.17, 15) is 4.79 Å². The van der Waals surface area contributed by atoms with Gasteiger partial charge in [0.2, 0.25) is 0 Å². The van der Waals surface area contributed by atoms with Crippen molar-refractivity contribution in [3.05, 3.63) is 22.5 Å². The second-order valence-electron chi connectivity index (χ2n) is 2.93. The van der Waals surface area contributed by atoms with E-state index in [4.69, 9.17) is 0 Å². The Hall–Kier alpha value is -1.09. The monoisotopic (exact) mass is 182 g/mol. The van der Waals surface area contributed by atoms with Gasteiger partial charge in [-0.05, 0) is 38.9 Å². The van der Waals surface area contributed by atoms with Crippen molar-refractivity contribution in [1.82, 2.24) is 4.98 Å². The maximum atomic E-state index is 11.0. The zero-order chi connectivity index (χ0) is 10.6. The molecular formula is C10H18N2O. The van der Waals surface area contributed by atoms with Gasteiger partial charge in [-0.3, -0.25) is 4.79 Å². The molecule has 0 spiro atoms. The molecule has 0 saturated heterocycles. The fraction of sp³-hybridized carbons (Fsp3) is 0.500. The van der Waals surface area contributed by atoms with Gasteiger partial charge in [0.15, 0.2) is 5.78 Å². The maximum absolute atomic E-state index is 11.0. The number of rotatable bonds is 1. The van der Waals surface area contributed by atoms with E-state index in [-0.39, 0.29) is 5.78 Å². The van der Waals surface area contributed by atoms with Crippen LogP contribution in [0, 0.1) is 20.8 Å². The Bertz CT molecular complexity index is 300. The normalized spacial score (nSPS) is 9.08. The van der Waals surface area contributed by atoms with Crippen molar-refractivity contribution in [3.63, 3.8) is 0 Å². The van der Waals surface area contributed by atoms with Crippen LogP contribution in [-0.2, 0) is 0 Å². The average Bonchev–Trinajstić information content (AvgIpc) is 2.36. The minimum Gasteiger partial charge on any atom is -0.356 e. The van der Waals surface area contributed by atoms with Crippen molar-refractivity contribution in [3.8, 4) is 0 Å². The lowest BCUT2D eigenvalue weighted by molar-refractivity contribution is 0.101. The van der Waals surface area contributed by atoms with Gasteiger partial charge in [0.25, 0.3) is 0 Å². The van der Waals surface area contributed by atoms with Gasteiger partial charge in [0.1, 0.15) is 0 Å². The van der Waals surface area contributed by atoms with Crippen LogP contribution >= 0.6 is 0 Å². The fourth-order valence-corrected chi connectivity index (χ4v) is 1.20. The first-order valence-corrected chi connectivity index (χ1v) is 4.28. The topological polar surface area (TPSA) is 58.9 Å². The quantitative estimate of drug-likeness (QED) is 0.650. The number of H-pyrrole nitrogens is 1. The van der Waals surface area contributed by atoms with Crippen molar-refractivity contribution in [2.75, 3.05) is 7.05 Å². The van der Waals surface area contributed by atoms with E-state index < -0.39 is 0 Å². The summed E-state index contributed by atoms with van der Waals surface area (Å²) in [5.41, 5.74) is 8.61. The number of carbonyl (C=O) groups excluding carboxylic acids is 1. The fourth-order valence-electron chi connectivity index (χ4n) is 1.20. The van der Waals surface area contributed by atoms with Gasteiger partial charge < -0.3 is 10.7 Å². The number of aromatic nitrogens is 1. The minimum absolute atomic E-state index is 0.110. The van der Waals surface area contributed by atoms with Crippen molar-refractivity contribution in [2.24, 2.45) is 5.73 Å². The predicted molar refractivity (Wildman–Crippen MR) is 55.1 cm³/mol. The van der Waals surface area contributed by atoms with Gasteiger partial charge >= 0.3 is 0 Å². The zero-order valence-electron chi connectivity index (χ0n) is 8.99. The molecule has 0 aliphatic carbocycles. The van der Waals surface area contributed by atoms with Crippen LogP contribution < -0.4 is 5.73 Å². The smallest absolute Gasteiger partial charge is 0.176 e. The van der Waals surface area contributed by atoms with Gasteiger partial charge in [-0.1, -0.05) is 0 Å². The Kier molecular flexibility index (Phi) is 4.42. The molecule has 0 aliphatic rings. The highest BCUT2D eigenvalue weighted by molar-refractivity contribution is 5.94.